The molecule has 1 heterocycles. The Morgan fingerprint density at radius 3 is 1.68 bits per heavy atom. The molecule has 0 saturated carbocycles. The summed E-state index contributed by atoms with van der Waals surface area (Å²) in [7, 11) is 0. The molecule has 3 rings (SSSR count). The number of hydrogen-bond acceptors (Lipinski definition) is 6. The van der Waals surface area contributed by atoms with Gasteiger partial charge in [0.05, 0.1) is 13.2 Å². The van der Waals surface area contributed by atoms with E-state index in [4.69, 9.17) is 14.5 Å². The van der Waals surface area contributed by atoms with Gasteiger partial charge in [-0.25, -0.2) is 4.98 Å². The number of rotatable bonds is 9. The van der Waals surface area contributed by atoms with Gasteiger partial charge in [0.25, 0.3) is 0 Å². The van der Waals surface area contributed by atoms with Crippen LogP contribution in [0.25, 0.3) is 22.5 Å². The fraction of sp³-hybridized carbons (Fsp3) is 0.318. The summed E-state index contributed by atoms with van der Waals surface area (Å²) in [5, 5.41) is 9.34. The molecule has 0 atom stereocenters. The van der Waals surface area contributed by atoms with E-state index in [0.717, 1.165) is 46.9 Å². The van der Waals surface area contributed by atoms with Crippen LogP contribution in [-0.2, 0) is 0 Å². The topological polar surface area (TPSA) is 57.1 Å². The van der Waals surface area contributed by atoms with E-state index in [1.165, 1.54) is 11.8 Å². The number of thioether (sulfide) groups is 1. The Bertz CT molecular complexity index is 883. The lowest BCUT2D eigenvalue weighted by Crippen LogP contribution is -2.00. The zero-order valence-corrected chi connectivity index (χ0v) is 17.3. The number of ether oxygens (including phenoxy) is 2. The molecule has 0 fully saturated rings. The van der Waals surface area contributed by atoms with Gasteiger partial charge in [0.2, 0.25) is 5.16 Å². The Morgan fingerprint density at radius 2 is 1.21 bits per heavy atom. The SMILES string of the molecule is CCCOc1ccc(-c2nnc(SC)nc2-c2ccc(OCCC)cc2)cc1. The summed E-state index contributed by atoms with van der Waals surface area (Å²) in [5.41, 5.74) is 3.50. The minimum Gasteiger partial charge on any atom is -0.494 e. The van der Waals surface area contributed by atoms with Crippen molar-refractivity contribution in [1.29, 1.82) is 0 Å². The predicted molar refractivity (Wildman–Crippen MR) is 114 cm³/mol. The summed E-state index contributed by atoms with van der Waals surface area (Å²) in [6.07, 6.45) is 3.91. The summed E-state index contributed by atoms with van der Waals surface area (Å²) in [6, 6.07) is 15.9. The van der Waals surface area contributed by atoms with E-state index < -0.39 is 0 Å². The summed E-state index contributed by atoms with van der Waals surface area (Å²) in [5.74, 6) is 1.71. The quantitative estimate of drug-likeness (QED) is 0.446. The number of hydrogen-bond donors (Lipinski definition) is 0. The largest absolute Gasteiger partial charge is 0.494 e. The summed E-state index contributed by atoms with van der Waals surface area (Å²) >= 11 is 1.48. The monoisotopic (exact) mass is 395 g/mol. The van der Waals surface area contributed by atoms with Crippen molar-refractivity contribution in [2.45, 2.75) is 31.8 Å². The van der Waals surface area contributed by atoms with Gasteiger partial charge in [0.15, 0.2) is 0 Å². The van der Waals surface area contributed by atoms with Gasteiger partial charge in [-0.1, -0.05) is 25.6 Å². The molecule has 28 heavy (non-hydrogen) atoms. The summed E-state index contributed by atoms with van der Waals surface area (Å²) < 4.78 is 11.4. The third-order valence-corrected chi connectivity index (χ3v) is 4.59. The van der Waals surface area contributed by atoms with E-state index in [1.54, 1.807) is 0 Å². The van der Waals surface area contributed by atoms with Gasteiger partial charge in [0, 0.05) is 11.1 Å². The van der Waals surface area contributed by atoms with Crippen molar-refractivity contribution < 1.29 is 9.47 Å². The highest BCUT2D eigenvalue weighted by atomic mass is 32.2. The van der Waals surface area contributed by atoms with Crippen LogP contribution in [0.5, 0.6) is 11.5 Å². The van der Waals surface area contributed by atoms with E-state index in [-0.39, 0.29) is 0 Å². The molecule has 0 saturated heterocycles. The van der Waals surface area contributed by atoms with Crippen LogP contribution in [0.2, 0.25) is 0 Å². The minimum absolute atomic E-state index is 0.646. The third-order valence-electron chi connectivity index (χ3n) is 4.05. The van der Waals surface area contributed by atoms with Crippen LogP contribution in [0.3, 0.4) is 0 Å². The van der Waals surface area contributed by atoms with E-state index in [9.17, 15) is 0 Å². The molecule has 0 spiro atoms. The van der Waals surface area contributed by atoms with Crippen molar-refractivity contribution in [3.8, 4) is 34.0 Å². The van der Waals surface area contributed by atoms with Crippen LogP contribution >= 0.6 is 11.8 Å². The van der Waals surface area contributed by atoms with Crippen molar-refractivity contribution in [3.63, 3.8) is 0 Å². The Hall–Kier alpha value is -2.60. The Labute approximate surface area is 170 Å². The number of nitrogens with zero attached hydrogens (tertiary/aromatic N) is 3. The van der Waals surface area contributed by atoms with Crippen LogP contribution in [0.1, 0.15) is 26.7 Å². The van der Waals surface area contributed by atoms with Gasteiger partial charge in [-0.2, -0.15) is 0 Å². The van der Waals surface area contributed by atoms with Gasteiger partial charge in [-0.15, -0.1) is 10.2 Å². The highest BCUT2D eigenvalue weighted by Gasteiger charge is 2.14. The van der Waals surface area contributed by atoms with Gasteiger partial charge in [-0.05, 0) is 67.6 Å². The van der Waals surface area contributed by atoms with Gasteiger partial charge < -0.3 is 9.47 Å². The van der Waals surface area contributed by atoms with Gasteiger partial charge >= 0.3 is 0 Å². The molecule has 146 valence electrons. The molecule has 0 bridgehead atoms. The fourth-order valence-electron chi connectivity index (χ4n) is 2.65. The van der Waals surface area contributed by atoms with E-state index in [2.05, 4.69) is 24.0 Å². The lowest BCUT2D eigenvalue weighted by molar-refractivity contribution is 0.317. The normalized spacial score (nSPS) is 10.7. The number of benzene rings is 2. The van der Waals surface area contributed by atoms with Crippen molar-refractivity contribution in [2.75, 3.05) is 19.5 Å². The molecule has 0 aliphatic heterocycles. The molecular formula is C22H25N3O2S. The van der Waals surface area contributed by atoms with E-state index in [0.29, 0.717) is 18.4 Å². The second-order valence-electron chi connectivity index (χ2n) is 6.24. The molecule has 0 aliphatic rings. The Balaban J connectivity index is 1.94. The first-order valence-corrected chi connectivity index (χ1v) is 10.7. The lowest BCUT2D eigenvalue weighted by Gasteiger charge is -2.11. The maximum absolute atomic E-state index is 5.68. The molecule has 0 amide bonds. The van der Waals surface area contributed by atoms with E-state index >= 15 is 0 Å². The molecule has 0 unspecified atom stereocenters. The average molecular weight is 396 g/mol. The molecule has 0 radical (unpaired) electrons. The molecule has 0 N–H and O–H groups in total. The molecule has 6 heteroatoms. The molecule has 2 aromatic carbocycles. The van der Waals surface area contributed by atoms with Crippen molar-refractivity contribution in [2.24, 2.45) is 0 Å². The van der Waals surface area contributed by atoms with Crippen LogP contribution in [0.4, 0.5) is 0 Å². The van der Waals surface area contributed by atoms with E-state index in [1.807, 2.05) is 54.8 Å². The Morgan fingerprint density at radius 1 is 0.714 bits per heavy atom. The molecular weight excluding hydrogens is 370 g/mol. The zero-order valence-electron chi connectivity index (χ0n) is 16.5. The second-order valence-corrected chi connectivity index (χ2v) is 7.01. The predicted octanol–water partition coefficient (Wildman–Crippen LogP) is 5.51. The molecule has 1 aromatic heterocycles. The van der Waals surface area contributed by atoms with Crippen molar-refractivity contribution >= 4 is 11.8 Å². The first-order valence-electron chi connectivity index (χ1n) is 9.50. The lowest BCUT2D eigenvalue weighted by atomic mass is 10.0. The standard InChI is InChI=1S/C22H25N3O2S/c1-4-14-26-18-10-6-16(7-11-18)20-21(24-25-22(23-20)28-3)17-8-12-19(13-9-17)27-15-5-2/h6-13H,4-5,14-15H2,1-3H3. The van der Waals surface area contributed by atoms with Crippen LogP contribution in [0.15, 0.2) is 53.7 Å². The zero-order chi connectivity index (χ0) is 19.8. The minimum atomic E-state index is 0.646. The molecule has 5 nitrogen and oxygen atoms in total. The van der Waals surface area contributed by atoms with Gasteiger partial charge in [-0.3, -0.25) is 0 Å². The molecule has 0 aliphatic carbocycles. The summed E-state index contributed by atoms with van der Waals surface area (Å²) in [4.78, 5) is 4.72. The molecule has 3 aromatic rings. The maximum Gasteiger partial charge on any atom is 0.209 e. The van der Waals surface area contributed by atoms with Crippen molar-refractivity contribution in [1.82, 2.24) is 15.2 Å². The van der Waals surface area contributed by atoms with Crippen LogP contribution in [-0.4, -0.2) is 34.7 Å². The number of aromatic nitrogens is 3. The highest BCUT2D eigenvalue weighted by molar-refractivity contribution is 7.98. The average Bonchev–Trinajstić information content (AvgIpc) is 2.76. The Kier molecular flexibility index (Phi) is 7.25. The highest BCUT2D eigenvalue weighted by Crippen LogP contribution is 2.31. The van der Waals surface area contributed by atoms with Crippen LogP contribution in [0, 0.1) is 0 Å². The van der Waals surface area contributed by atoms with Gasteiger partial charge in [0.1, 0.15) is 22.9 Å². The first-order chi connectivity index (χ1) is 13.7. The maximum atomic E-state index is 5.68. The van der Waals surface area contributed by atoms with Crippen molar-refractivity contribution in [3.05, 3.63) is 48.5 Å². The summed E-state index contributed by atoms with van der Waals surface area (Å²) in [6.45, 7) is 5.60. The fourth-order valence-corrected chi connectivity index (χ4v) is 2.96. The first kappa shape index (κ1) is 20.1. The smallest absolute Gasteiger partial charge is 0.209 e. The third kappa shape index (κ3) is 5.01. The second kappa shape index (κ2) is 10.1. The van der Waals surface area contributed by atoms with Crippen LogP contribution < -0.4 is 9.47 Å².